The summed E-state index contributed by atoms with van der Waals surface area (Å²) < 4.78 is 56.8. The molecular weight excluding hydrogens is 220 g/mol. The highest BCUT2D eigenvalue weighted by atomic mass is 19.3. The lowest BCUT2D eigenvalue weighted by molar-refractivity contribution is -0.443. The lowest BCUT2D eigenvalue weighted by Gasteiger charge is -2.24. The number of alkyl halides is 4. The van der Waals surface area contributed by atoms with Crippen molar-refractivity contribution in [3.05, 3.63) is 0 Å². The van der Waals surface area contributed by atoms with Gasteiger partial charge in [0.2, 0.25) is 0 Å². The predicted octanol–water partition coefficient (Wildman–Crippen LogP) is 2.34. The minimum absolute atomic E-state index is 0.130. The van der Waals surface area contributed by atoms with E-state index >= 15 is 0 Å². The molecule has 3 nitrogen and oxygen atoms in total. The zero-order valence-corrected chi connectivity index (χ0v) is 8.47. The first-order valence-corrected chi connectivity index (χ1v) is 4.48. The van der Waals surface area contributed by atoms with Gasteiger partial charge in [0.15, 0.2) is 6.29 Å². The molecule has 0 radical (unpaired) electrons. The predicted molar refractivity (Wildman–Crippen MR) is 43.5 cm³/mol. The summed E-state index contributed by atoms with van der Waals surface area (Å²) in [5.74, 6) is 0. The van der Waals surface area contributed by atoms with E-state index in [4.69, 9.17) is 5.11 Å². The van der Waals surface area contributed by atoms with E-state index < -0.39 is 18.5 Å². The van der Waals surface area contributed by atoms with Gasteiger partial charge in [0.05, 0.1) is 0 Å². The summed E-state index contributed by atoms with van der Waals surface area (Å²) >= 11 is 0. The average molecular weight is 234 g/mol. The van der Waals surface area contributed by atoms with E-state index in [0.29, 0.717) is 6.42 Å². The summed E-state index contributed by atoms with van der Waals surface area (Å²) in [6, 6.07) is 0. The van der Waals surface area contributed by atoms with Crippen molar-refractivity contribution in [3.8, 4) is 0 Å². The molecule has 0 amide bonds. The van der Waals surface area contributed by atoms with Gasteiger partial charge in [0, 0.05) is 6.61 Å². The van der Waals surface area contributed by atoms with Crippen LogP contribution in [0.2, 0.25) is 0 Å². The maximum absolute atomic E-state index is 12.4. The molecule has 15 heavy (non-hydrogen) atoms. The molecule has 7 heteroatoms. The largest absolute Gasteiger partial charge is 0.450 e. The molecule has 0 aromatic carbocycles. The van der Waals surface area contributed by atoms with Crippen LogP contribution in [0.4, 0.5) is 17.6 Å². The molecule has 0 aromatic heterocycles. The first kappa shape index (κ1) is 14.6. The fraction of sp³-hybridized carbons (Fsp3) is 1.00. The van der Waals surface area contributed by atoms with Crippen LogP contribution in [-0.4, -0.2) is 30.2 Å². The SMILES string of the molecule is CCCCOC(C)OC(F)(F)C(O)(F)F. The molecule has 0 aromatic rings. The number of hydrogen-bond acceptors (Lipinski definition) is 3. The first-order valence-electron chi connectivity index (χ1n) is 4.48. The fourth-order valence-corrected chi connectivity index (χ4v) is 0.707. The summed E-state index contributed by atoms with van der Waals surface area (Å²) in [6.07, 6.45) is -10.3. The van der Waals surface area contributed by atoms with E-state index in [-0.39, 0.29) is 6.61 Å². The van der Waals surface area contributed by atoms with E-state index in [1.54, 1.807) is 0 Å². The van der Waals surface area contributed by atoms with Crippen LogP contribution in [0.5, 0.6) is 0 Å². The Labute approximate surface area is 85.0 Å². The Morgan fingerprint density at radius 3 is 2.20 bits per heavy atom. The van der Waals surface area contributed by atoms with Crippen LogP contribution < -0.4 is 0 Å². The minimum Gasteiger partial charge on any atom is -0.353 e. The molecule has 1 atom stereocenters. The van der Waals surface area contributed by atoms with Gasteiger partial charge in [-0.2, -0.15) is 17.6 Å². The Balaban J connectivity index is 3.99. The lowest BCUT2D eigenvalue weighted by atomic mass is 10.4. The van der Waals surface area contributed by atoms with Gasteiger partial charge in [-0.05, 0) is 13.3 Å². The highest BCUT2D eigenvalue weighted by Crippen LogP contribution is 2.33. The van der Waals surface area contributed by atoms with Crippen molar-refractivity contribution in [3.63, 3.8) is 0 Å². The van der Waals surface area contributed by atoms with E-state index in [2.05, 4.69) is 9.47 Å². The molecule has 0 rings (SSSR count). The Bertz CT molecular complexity index is 181. The Kier molecular flexibility index (Phi) is 5.47. The van der Waals surface area contributed by atoms with Gasteiger partial charge in [0.1, 0.15) is 0 Å². The Hall–Kier alpha value is -0.400. The fourth-order valence-electron chi connectivity index (χ4n) is 0.707. The molecule has 0 aliphatic heterocycles. The van der Waals surface area contributed by atoms with Crippen LogP contribution in [0, 0.1) is 0 Å². The number of aliphatic hydroxyl groups is 1. The number of unbranched alkanes of at least 4 members (excludes halogenated alkanes) is 1. The van der Waals surface area contributed by atoms with Crippen LogP contribution in [0.3, 0.4) is 0 Å². The van der Waals surface area contributed by atoms with Gasteiger partial charge >= 0.3 is 12.2 Å². The van der Waals surface area contributed by atoms with Crippen molar-refractivity contribution in [2.24, 2.45) is 0 Å². The van der Waals surface area contributed by atoms with Gasteiger partial charge < -0.3 is 9.84 Å². The third-order valence-corrected chi connectivity index (χ3v) is 1.51. The summed E-state index contributed by atoms with van der Waals surface area (Å²) in [5, 5.41) is 7.80. The topological polar surface area (TPSA) is 38.7 Å². The third kappa shape index (κ3) is 5.29. The third-order valence-electron chi connectivity index (χ3n) is 1.51. The van der Waals surface area contributed by atoms with Gasteiger partial charge in [-0.3, -0.25) is 4.74 Å². The van der Waals surface area contributed by atoms with E-state index in [0.717, 1.165) is 13.3 Å². The number of halogens is 4. The van der Waals surface area contributed by atoms with Crippen molar-refractivity contribution >= 4 is 0 Å². The maximum Gasteiger partial charge on any atom is 0.450 e. The monoisotopic (exact) mass is 234 g/mol. The molecule has 0 aliphatic rings. The molecule has 0 aliphatic carbocycles. The quantitative estimate of drug-likeness (QED) is 0.417. The first-order chi connectivity index (χ1) is 6.70. The molecule has 1 unspecified atom stereocenters. The van der Waals surface area contributed by atoms with Crippen molar-refractivity contribution < 1.29 is 32.1 Å². The molecule has 0 heterocycles. The second kappa shape index (κ2) is 5.62. The molecule has 92 valence electrons. The maximum atomic E-state index is 12.4. The zero-order valence-electron chi connectivity index (χ0n) is 8.47. The van der Waals surface area contributed by atoms with Crippen molar-refractivity contribution in [2.75, 3.05) is 6.61 Å². The second-order valence-corrected chi connectivity index (χ2v) is 2.97. The summed E-state index contributed by atoms with van der Waals surface area (Å²) in [5.41, 5.74) is 0. The Morgan fingerprint density at radius 2 is 1.80 bits per heavy atom. The number of rotatable bonds is 7. The molecule has 0 fully saturated rings. The molecule has 0 saturated carbocycles. The van der Waals surface area contributed by atoms with E-state index in [1.165, 1.54) is 0 Å². The number of ether oxygens (including phenoxy) is 2. The normalized spacial score (nSPS) is 15.4. The highest BCUT2D eigenvalue weighted by molar-refractivity contribution is 4.63. The van der Waals surface area contributed by atoms with E-state index in [9.17, 15) is 17.6 Å². The standard InChI is InChI=1S/C8H14F4O3/c1-3-4-5-14-6(2)15-8(11,12)7(9,10)13/h6,13H,3-5H2,1-2H3. The van der Waals surface area contributed by atoms with Gasteiger partial charge in [0.25, 0.3) is 0 Å². The van der Waals surface area contributed by atoms with Gasteiger partial charge in [-0.15, -0.1) is 0 Å². The molecule has 0 bridgehead atoms. The summed E-state index contributed by atoms with van der Waals surface area (Å²) in [4.78, 5) is 0. The van der Waals surface area contributed by atoms with Gasteiger partial charge in [-0.1, -0.05) is 13.3 Å². The van der Waals surface area contributed by atoms with E-state index in [1.807, 2.05) is 6.92 Å². The molecule has 0 saturated heterocycles. The molecule has 1 N–H and O–H groups in total. The zero-order chi connectivity index (χ0) is 12.1. The van der Waals surface area contributed by atoms with Crippen LogP contribution in [0.25, 0.3) is 0 Å². The minimum atomic E-state index is -5.21. The molecular formula is C8H14F4O3. The smallest absolute Gasteiger partial charge is 0.353 e. The second-order valence-electron chi connectivity index (χ2n) is 2.97. The molecule has 0 spiro atoms. The summed E-state index contributed by atoms with van der Waals surface area (Å²) in [6.45, 7) is 3.03. The van der Waals surface area contributed by atoms with Crippen molar-refractivity contribution in [1.29, 1.82) is 0 Å². The lowest BCUT2D eigenvalue weighted by Crippen LogP contribution is -2.45. The average Bonchev–Trinajstić information content (AvgIpc) is 2.01. The van der Waals surface area contributed by atoms with Crippen LogP contribution in [0.1, 0.15) is 26.7 Å². The highest BCUT2D eigenvalue weighted by Gasteiger charge is 2.58. The Morgan fingerprint density at radius 1 is 1.27 bits per heavy atom. The van der Waals surface area contributed by atoms with Crippen LogP contribution >= 0.6 is 0 Å². The van der Waals surface area contributed by atoms with Crippen LogP contribution in [-0.2, 0) is 9.47 Å². The van der Waals surface area contributed by atoms with Gasteiger partial charge in [-0.25, -0.2) is 0 Å². The van der Waals surface area contributed by atoms with Crippen molar-refractivity contribution in [1.82, 2.24) is 0 Å². The number of hydrogen-bond donors (Lipinski definition) is 1. The summed E-state index contributed by atoms with van der Waals surface area (Å²) in [7, 11) is 0. The van der Waals surface area contributed by atoms with Crippen LogP contribution in [0.15, 0.2) is 0 Å². The van der Waals surface area contributed by atoms with Crippen molar-refractivity contribution in [2.45, 2.75) is 45.2 Å².